The Labute approximate surface area is 369 Å². The Bertz CT molecular complexity index is 1930. The second-order valence-corrected chi connectivity index (χ2v) is 20.1. The van der Waals surface area contributed by atoms with Crippen LogP contribution in [0.25, 0.3) is 16.7 Å². The topological polar surface area (TPSA) is 0 Å². The summed E-state index contributed by atoms with van der Waals surface area (Å²) < 4.78 is 2.35. The van der Waals surface area contributed by atoms with E-state index in [9.17, 15) is 0 Å². The summed E-state index contributed by atoms with van der Waals surface area (Å²) in [5.41, 5.74) is 13.2. The first-order valence-corrected chi connectivity index (χ1v) is 24.7. The standard InChI is InChI=1S/C18H24.C16H19Br.C12H14.C10H11Br/c1-14-6-8-16(9-7-14)18-12-10-17(11-13-18)15-4-2-3-5-15;17-16-10-8-15(9-11-16)14-6-4-13(5-7-14)12-2-1-3-12;1-10-6-8-12(9-7-10)11-4-2-3-5-11;11-10-6-4-9(5-7-10)8-2-1-3-8/h6-9,12,15,17H,2-5,10-11,13H2,1H3;6,8-13H,1-5,7H2;4,6-9H,2-3,5H2,1H3;4-8H,1-3H2. The molecule has 0 saturated heterocycles. The molecule has 2 unspecified atom stereocenters. The molecule has 0 amide bonds. The van der Waals surface area contributed by atoms with Crippen LogP contribution in [-0.4, -0.2) is 0 Å². The van der Waals surface area contributed by atoms with Crippen LogP contribution in [0.5, 0.6) is 0 Å². The third kappa shape index (κ3) is 12.5. The fourth-order valence-electron chi connectivity index (χ4n) is 10.0. The Hall–Kier alpha value is -2.94. The van der Waals surface area contributed by atoms with Crippen LogP contribution < -0.4 is 0 Å². The van der Waals surface area contributed by atoms with Crippen LogP contribution in [0.1, 0.15) is 161 Å². The molecule has 10 rings (SSSR count). The maximum absolute atomic E-state index is 3.50. The number of hydrogen-bond donors (Lipinski definition) is 0. The number of allylic oxidation sites excluding steroid dienone is 6. The number of benzene rings is 4. The molecule has 0 spiro atoms. The highest BCUT2D eigenvalue weighted by molar-refractivity contribution is 9.10. The summed E-state index contributed by atoms with van der Waals surface area (Å²) in [6, 6.07) is 35.4. The van der Waals surface area contributed by atoms with Crippen molar-refractivity contribution in [2.75, 3.05) is 0 Å². The summed E-state index contributed by atoms with van der Waals surface area (Å²) in [4.78, 5) is 0. The average Bonchev–Trinajstić information content (AvgIpc) is 3.96. The Morgan fingerprint density at radius 2 is 0.793 bits per heavy atom. The minimum absolute atomic E-state index is 0.864. The van der Waals surface area contributed by atoms with Gasteiger partial charge in [0.05, 0.1) is 0 Å². The van der Waals surface area contributed by atoms with Gasteiger partial charge in [0.15, 0.2) is 0 Å². The van der Waals surface area contributed by atoms with Gasteiger partial charge in [-0.05, 0) is 177 Å². The van der Waals surface area contributed by atoms with Crippen molar-refractivity contribution >= 4 is 48.6 Å². The second-order valence-electron chi connectivity index (χ2n) is 18.3. The molecule has 6 aliphatic carbocycles. The second kappa shape index (κ2) is 22.1. The van der Waals surface area contributed by atoms with E-state index in [0.29, 0.717) is 0 Å². The molecule has 4 aromatic carbocycles. The van der Waals surface area contributed by atoms with E-state index in [-0.39, 0.29) is 0 Å². The monoisotopic (exact) mass is 898 g/mol. The van der Waals surface area contributed by atoms with Crippen LogP contribution in [0, 0.1) is 37.5 Å². The first-order valence-electron chi connectivity index (χ1n) is 23.1. The molecule has 306 valence electrons. The molecule has 3 saturated carbocycles. The zero-order valence-electron chi connectivity index (χ0n) is 35.5. The Balaban J connectivity index is 0.000000120. The summed E-state index contributed by atoms with van der Waals surface area (Å²) >= 11 is 6.93. The predicted molar refractivity (Wildman–Crippen MR) is 259 cm³/mol. The SMILES string of the molecule is Brc1ccc(C2=CCC(C3CCC3)CC2)cc1.Brc1ccc(C2CCC2)cc1.Cc1ccc(C2=CCC(C3CCCC3)CC2)cc1.Cc1ccc(C2=CCCC2)cc1. The van der Waals surface area contributed by atoms with Gasteiger partial charge in [0.25, 0.3) is 0 Å². The molecule has 0 aliphatic heterocycles. The molecule has 0 N–H and O–H groups in total. The van der Waals surface area contributed by atoms with Gasteiger partial charge in [-0.3, -0.25) is 0 Å². The van der Waals surface area contributed by atoms with Gasteiger partial charge in [-0.15, -0.1) is 0 Å². The molecule has 4 aromatic rings. The molecule has 58 heavy (non-hydrogen) atoms. The van der Waals surface area contributed by atoms with E-state index < -0.39 is 0 Å². The fourth-order valence-corrected chi connectivity index (χ4v) is 10.6. The average molecular weight is 901 g/mol. The third-order valence-corrected chi connectivity index (χ3v) is 15.4. The normalized spacial score (nSPS) is 22.0. The summed E-state index contributed by atoms with van der Waals surface area (Å²) in [7, 11) is 0. The van der Waals surface area contributed by atoms with Crippen molar-refractivity contribution < 1.29 is 0 Å². The van der Waals surface area contributed by atoms with Gasteiger partial charge in [-0.1, -0.05) is 185 Å². The lowest BCUT2D eigenvalue weighted by molar-refractivity contribution is 0.195. The van der Waals surface area contributed by atoms with Crippen molar-refractivity contribution in [3.8, 4) is 0 Å². The molecule has 0 aromatic heterocycles. The summed E-state index contributed by atoms with van der Waals surface area (Å²) in [6.45, 7) is 4.29. The summed E-state index contributed by atoms with van der Waals surface area (Å²) in [5, 5.41) is 0. The van der Waals surface area contributed by atoms with Crippen molar-refractivity contribution in [3.05, 3.63) is 158 Å². The van der Waals surface area contributed by atoms with Crippen LogP contribution in [-0.2, 0) is 0 Å². The zero-order valence-corrected chi connectivity index (χ0v) is 38.7. The zero-order chi connectivity index (χ0) is 40.1. The van der Waals surface area contributed by atoms with Gasteiger partial charge < -0.3 is 0 Å². The molecular weight excluding hydrogens is 832 g/mol. The van der Waals surface area contributed by atoms with Gasteiger partial charge in [-0.25, -0.2) is 0 Å². The maximum atomic E-state index is 3.50. The Morgan fingerprint density at radius 3 is 1.16 bits per heavy atom. The predicted octanol–water partition coefficient (Wildman–Crippen LogP) is 18.1. The molecule has 2 atom stereocenters. The van der Waals surface area contributed by atoms with Gasteiger partial charge in [0.1, 0.15) is 0 Å². The van der Waals surface area contributed by atoms with Crippen molar-refractivity contribution in [1.29, 1.82) is 0 Å². The van der Waals surface area contributed by atoms with E-state index in [0.717, 1.165) is 29.6 Å². The van der Waals surface area contributed by atoms with E-state index in [2.05, 4.69) is 161 Å². The number of aryl methyl sites for hydroxylation is 2. The lowest BCUT2D eigenvalue weighted by Crippen LogP contribution is -2.23. The lowest BCUT2D eigenvalue weighted by Gasteiger charge is -2.35. The molecular formula is C56H68Br2. The van der Waals surface area contributed by atoms with Gasteiger partial charge in [0.2, 0.25) is 0 Å². The molecule has 0 nitrogen and oxygen atoms in total. The van der Waals surface area contributed by atoms with Crippen molar-refractivity contribution in [1.82, 2.24) is 0 Å². The number of hydrogen-bond acceptors (Lipinski definition) is 0. The number of halogens is 2. The first kappa shape index (κ1) is 43.2. The largest absolute Gasteiger partial charge is 0.0807 e. The Morgan fingerprint density at radius 1 is 0.379 bits per heavy atom. The minimum atomic E-state index is 0.864. The maximum Gasteiger partial charge on any atom is 0.0175 e. The highest BCUT2D eigenvalue weighted by Crippen LogP contribution is 2.43. The molecule has 0 bridgehead atoms. The smallest absolute Gasteiger partial charge is 0.0175 e. The number of rotatable bonds is 6. The highest BCUT2D eigenvalue weighted by Gasteiger charge is 2.29. The van der Waals surface area contributed by atoms with Crippen LogP contribution in [0.15, 0.2) is 124 Å². The minimum Gasteiger partial charge on any atom is -0.0807 e. The van der Waals surface area contributed by atoms with Crippen LogP contribution >= 0.6 is 31.9 Å². The van der Waals surface area contributed by atoms with Gasteiger partial charge in [-0.2, -0.15) is 0 Å². The van der Waals surface area contributed by atoms with Crippen molar-refractivity contribution in [3.63, 3.8) is 0 Å². The van der Waals surface area contributed by atoms with Crippen molar-refractivity contribution in [2.45, 2.75) is 142 Å². The van der Waals surface area contributed by atoms with Crippen LogP contribution in [0.4, 0.5) is 0 Å². The van der Waals surface area contributed by atoms with Crippen LogP contribution in [0.2, 0.25) is 0 Å². The lowest BCUT2D eigenvalue weighted by atomic mass is 9.70. The van der Waals surface area contributed by atoms with E-state index in [1.807, 2.05) is 0 Å². The van der Waals surface area contributed by atoms with Crippen LogP contribution in [0.3, 0.4) is 0 Å². The van der Waals surface area contributed by atoms with E-state index >= 15 is 0 Å². The molecule has 2 heteroatoms. The quantitative estimate of drug-likeness (QED) is 0.181. The molecule has 3 fully saturated rings. The molecule has 6 aliphatic rings. The molecule has 0 radical (unpaired) electrons. The van der Waals surface area contributed by atoms with Crippen molar-refractivity contribution in [2.24, 2.45) is 23.7 Å². The summed E-state index contributed by atoms with van der Waals surface area (Å²) in [5.74, 6) is 4.94. The molecule has 0 heterocycles. The summed E-state index contributed by atoms with van der Waals surface area (Å²) in [6.07, 6.45) is 33.9. The fraction of sp³-hybridized carbons (Fsp3) is 0.464. The van der Waals surface area contributed by atoms with E-state index in [1.54, 1.807) is 11.1 Å². The van der Waals surface area contributed by atoms with E-state index in [1.165, 1.54) is 170 Å². The third-order valence-electron chi connectivity index (χ3n) is 14.3. The Kier molecular flexibility index (Phi) is 16.4. The van der Waals surface area contributed by atoms with E-state index in [4.69, 9.17) is 0 Å². The highest BCUT2D eigenvalue weighted by atomic mass is 79.9. The van der Waals surface area contributed by atoms with Gasteiger partial charge in [0, 0.05) is 8.95 Å². The van der Waals surface area contributed by atoms with Gasteiger partial charge >= 0.3 is 0 Å². The first-order chi connectivity index (χ1) is 28.4.